The Kier molecular flexibility index (Phi) is 5.96. The molecule has 1 aliphatic rings. The fraction of sp³-hybridized carbons (Fsp3) is 0.471. The van der Waals surface area contributed by atoms with Gasteiger partial charge in [-0.3, -0.25) is 0 Å². The molecule has 114 valence electrons. The zero-order valence-corrected chi connectivity index (χ0v) is 12.5. The van der Waals surface area contributed by atoms with Gasteiger partial charge in [0.2, 0.25) is 0 Å². The minimum absolute atomic E-state index is 0.0186. The number of rotatable bonds is 6. The second kappa shape index (κ2) is 7.96. The zero-order chi connectivity index (χ0) is 15.1. The van der Waals surface area contributed by atoms with Crippen LogP contribution < -0.4 is 0 Å². The predicted molar refractivity (Wildman–Crippen MR) is 79.7 cm³/mol. The molecule has 4 heteroatoms. The van der Waals surface area contributed by atoms with Crippen LogP contribution in [0.1, 0.15) is 18.9 Å². The fourth-order valence-electron chi connectivity index (χ4n) is 2.30. The van der Waals surface area contributed by atoms with E-state index in [-0.39, 0.29) is 18.0 Å². The van der Waals surface area contributed by atoms with Crippen molar-refractivity contribution in [3.05, 3.63) is 48.0 Å². The molecule has 2 rings (SSSR count). The molecule has 1 heterocycles. The molecular formula is C17H22O4. The summed E-state index contributed by atoms with van der Waals surface area (Å²) >= 11 is 0. The first-order chi connectivity index (χ1) is 10.2. The Bertz CT molecular complexity index is 469. The highest BCUT2D eigenvalue weighted by Gasteiger charge is 2.28. The van der Waals surface area contributed by atoms with Crippen LogP contribution in [0.3, 0.4) is 0 Å². The Morgan fingerprint density at radius 3 is 2.71 bits per heavy atom. The summed E-state index contributed by atoms with van der Waals surface area (Å²) in [4.78, 5) is 11.5. The molecule has 0 saturated carbocycles. The first kappa shape index (κ1) is 15.7. The van der Waals surface area contributed by atoms with Gasteiger partial charge in [-0.15, -0.1) is 0 Å². The smallest absolute Gasteiger partial charge is 0.339 e. The molecule has 0 aliphatic carbocycles. The average Bonchev–Trinajstić information content (AvgIpc) is 2.53. The highest BCUT2D eigenvalue weighted by atomic mass is 16.6. The van der Waals surface area contributed by atoms with E-state index in [4.69, 9.17) is 14.2 Å². The molecule has 0 N–H and O–H groups in total. The van der Waals surface area contributed by atoms with Crippen LogP contribution in [0.4, 0.5) is 0 Å². The van der Waals surface area contributed by atoms with E-state index in [1.807, 2.05) is 36.4 Å². The van der Waals surface area contributed by atoms with Crippen LogP contribution >= 0.6 is 0 Å². The van der Waals surface area contributed by atoms with Crippen molar-refractivity contribution in [3.8, 4) is 0 Å². The largest absolute Gasteiger partial charge is 0.467 e. The Hall–Kier alpha value is -1.65. The average molecular weight is 290 g/mol. The minimum Gasteiger partial charge on any atom is -0.467 e. The van der Waals surface area contributed by atoms with Crippen LogP contribution in [0.15, 0.2) is 42.5 Å². The number of carbonyl (C=O) groups excluding carboxylic acids is 1. The molecule has 0 aromatic heterocycles. The van der Waals surface area contributed by atoms with E-state index in [9.17, 15) is 4.79 Å². The summed E-state index contributed by atoms with van der Waals surface area (Å²) in [6.45, 7) is 3.27. The fourth-order valence-corrected chi connectivity index (χ4v) is 2.30. The first-order valence-electron chi connectivity index (χ1n) is 7.24. The number of benzene rings is 1. The summed E-state index contributed by atoms with van der Waals surface area (Å²) < 4.78 is 16.1. The number of methoxy groups -OCH3 is 1. The number of carbonyl (C=O) groups is 1. The third-order valence-electron chi connectivity index (χ3n) is 3.59. The van der Waals surface area contributed by atoms with Crippen LogP contribution in [0.5, 0.6) is 0 Å². The SMILES string of the molecule is COC(=O)[C@H]1C=C[C@H](C)[C@@H](CCOCc2ccccc2)O1. The van der Waals surface area contributed by atoms with Gasteiger partial charge in [0, 0.05) is 12.5 Å². The quantitative estimate of drug-likeness (QED) is 0.459. The van der Waals surface area contributed by atoms with Gasteiger partial charge in [0.25, 0.3) is 0 Å². The van der Waals surface area contributed by atoms with Gasteiger partial charge in [-0.1, -0.05) is 43.3 Å². The summed E-state index contributed by atoms with van der Waals surface area (Å²) in [7, 11) is 1.37. The van der Waals surface area contributed by atoms with Crippen LogP contribution in [0, 0.1) is 5.92 Å². The monoisotopic (exact) mass is 290 g/mol. The van der Waals surface area contributed by atoms with Crippen LogP contribution in [0.2, 0.25) is 0 Å². The maximum atomic E-state index is 11.5. The lowest BCUT2D eigenvalue weighted by Crippen LogP contribution is -2.36. The summed E-state index contributed by atoms with van der Waals surface area (Å²) in [6, 6.07) is 10.1. The molecule has 1 aliphatic heterocycles. The van der Waals surface area contributed by atoms with Gasteiger partial charge in [0.1, 0.15) is 0 Å². The second-order valence-corrected chi connectivity index (χ2v) is 5.19. The van der Waals surface area contributed by atoms with Crippen molar-refractivity contribution in [2.75, 3.05) is 13.7 Å². The predicted octanol–water partition coefficient (Wildman–Crippen LogP) is 2.73. The van der Waals surface area contributed by atoms with Gasteiger partial charge in [0.15, 0.2) is 6.10 Å². The van der Waals surface area contributed by atoms with Crippen LogP contribution in [-0.4, -0.2) is 31.9 Å². The molecule has 4 nitrogen and oxygen atoms in total. The highest BCUT2D eigenvalue weighted by molar-refractivity contribution is 5.76. The highest BCUT2D eigenvalue weighted by Crippen LogP contribution is 2.22. The van der Waals surface area contributed by atoms with Crippen LogP contribution in [0.25, 0.3) is 0 Å². The summed E-state index contributed by atoms with van der Waals surface area (Å²) in [5.74, 6) is -0.0837. The van der Waals surface area contributed by atoms with E-state index < -0.39 is 6.10 Å². The Balaban J connectivity index is 1.75. The molecule has 21 heavy (non-hydrogen) atoms. The summed E-state index contributed by atoms with van der Waals surface area (Å²) in [6.07, 6.45) is 3.91. The summed E-state index contributed by atoms with van der Waals surface area (Å²) in [5.41, 5.74) is 1.16. The van der Waals surface area contributed by atoms with Crippen molar-refractivity contribution in [3.63, 3.8) is 0 Å². The lowest BCUT2D eigenvalue weighted by atomic mass is 9.98. The van der Waals surface area contributed by atoms with Gasteiger partial charge in [-0.25, -0.2) is 4.79 Å². The van der Waals surface area contributed by atoms with Crippen molar-refractivity contribution in [1.29, 1.82) is 0 Å². The number of hydrogen-bond donors (Lipinski definition) is 0. The first-order valence-corrected chi connectivity index (χ1v) is 7.24. The number of ether oxygens (including phenoxy) is 3. The maximum absolute atomic E-state index is 11.5. The normalized spacial score (nSPS) is 24.8. The van der Waals surface area contributed by atoms with E-state index in [0.717, 1.165) is 12.0 Å². The number of esters is 1. The zero-order valence-electron chi connectivity index (χ0n) is 12.5. The van der Waals surface area contributed by atoms with Gasteiger partial charge in [-0.2, -0.15) is 0 Å². The maximum Gasteiger partial charge on any atom is 0.339 e. The molecular weight excluding hydrogens is 268 g/mol. The lowest BCUT2D eigenvalue weighted by molar-refractivity contribution is -0.157. The van der Waals surface area contributed by atoms with Crippen molar-refractivity contribution in [2.24, 2.45) is 5.92 Å². The summed E-state index contributed by atoms with van der Waals surface area (Å²) in [5, 5.41) is 0. The van der Waals surface area contributed by atoms with Crippen molar-refractivity contribution in [1.82, 2.24) is 0 Å². The topological polar surface area (TPSA) is 44.8 Å². The molecule has 3 atom stereocenters. The molecule has 0 unspecified atom stereocenters. The standard InChI is InChI=1S/C17H22O4/c1-13-8-9-16(17(18)19-2)21-15(13)10-11-20-12-14-6-4-3-5-7-14/h3-9,13,15-16H,10-12H2,1-2H3/t13-,15+,16+/m0/s1. The third kappa shape index (κ3) is 4.69. The van der Waals surface area contributed by atoms with Gasteiger partial charge in [-0.05, 0) is 18.1 Å². The van der Waals surface area contributed by atoms with E-state index in [0.29, 0.717) is 13.2 Å². The second-order valence-electron chi connectivity index (χ2n) is 5.19. The van der Waals surface area contributed by atoms with E-state index in [1.165, 1.54) is 7.11 Å². The molecule has 1 aromatic rings. The lowest BCUT2D eigenvalue weighted by Gasteiger charge is -2.29. The van der Waals surface area contributed by atoms with Crippen molar-refractivity contribution < 1.29 is 19.0 Å². The molecule has 0 spiro atoms. The van der Waals surface area contributed by atoms with Crippen molar-refractivity contribution in [2.45, 2.75) is 32.2 Å². The van der Waals surface area contributed by atoms with E-state index >= 15 is 0 Å². The molecule has 0 radical (unpaired) electrons. The van der Waals surface area contributed by atoms with E-state index in [1.54, 1.807) is 6.08 Å². The Morgan fingerprint density at radius 2 is 2.00 bits per heavy atom. The van der Waals surface area contributed by atoms with Gasteiger partial charge < -0.3 is 14.2 Å². The molecule has 0 bridgehead atoms. The van der Waals surface area contributed by atoms with E-state index in [2.05, 4.69) is 6.92 Å². The molecule has 1 aromatic carbocycles. The third-order valence-corrected chi connectivity index (χ3v) is 3.59. The van der Waals surface area contributed by atoms with Crippen LogP contribution in [-0.2, 0) is 25.6 Å². The molecule has 0 saturated heterocycles. The Labute approximate surface area is 125 Å². The minimum atomic E-state index is -0.592. The Morgan fingerprint density at radius 1 is 1.24 bits per heavy atom. The molecule has 0 fully saturated rings. The van der Waals surface area contributed by atoms with Gasteiger partial charge in [0.05, 0.1) is 19.8 Å². The van der Waals surface area contributed by atoms with Crippen molar-refractivity contribution >= 4 is 5.97 Å². The molecule has 0 amide bonds. The number of hydrogen-bond acceptors (Lipinski definition) is 4. The van der Waals surface area contributed by atoms with Gasteiger partial charge >= 0.3 is 5.97 Å².